The molecular weight excluding hydrogens is 432 g/mol. The predicted octanol–water partition coefficient (Wildman–Crippen LogP) is 6.84. The summed E-state index contributed by atoms with van der Waals surface area (Å²) in [6.07, 6.45) is 5.05. The van der Waals surface area contributed by atoms with E-state index >= 15 is 0 Å². The number of rotatable bonds is 17. The Kier molecular flexibility index (Phi) is 12.2. The Hall–Kier alpha value is -2.82. The average Bonchev–Trinajstić information content (AvgIpc) is 2.91. The van der Waals surface area contributed by atoms with Crippen LogP contribution < -0.4 is 14.8 Å². The highest BCUT2D eigenvalue weighted by atomic mass is 16.5. The predicted molar refractivity (Wildman–Crippen MR) is 146 cm³/mol. The van der Waals surface area contributed by atoms with E-state index in [1.807, 2.05) is 42.5 Å². The summed E-state index contributed by atoms with van der Waals surface area (Å²) in [4.78, 5) is 2.59. The van der Waals surface area contributed by atoms with Crippen molar-refractivity contribution in [2.45, 2.75) is 59.3 Å². The van der Waals surface area contributed by atoms with Gasteiger partial charge in [-0.15, -0.1) is 0 Å². The molecule has 0 heterocycles. The normalized spacial score (nSPS) is 11.1. The SMILES string of the molecule is CCCCN(CCCC)CCNCc1ccc(OCc2ccccc2)c(OCc2ccccc2)c1. The Morgan fingerprint density at radius 3 is 1.77 bits per heavy atom. The molecule has 1 N–H and O–H groups in total. The topological polar surface area (TPSA) is 33.7 Å². The molecule has 0 aromatic heterocycles. The molecule has 3 rings (SSSR count). The van der Waals surface area contributed by atoms with Gasteiger partial charge >= 0.3 is 0 Å². The van der Waals surface area contributed by atoms with Gasteiger partial charge in [0, 0.05) is 19.6 Å². The van der Waals surface area contributed by atoms with E-state index in [0.29, 0.717) is 13.2 Å². The second-order valence-electron chi connectivity index (χ2n) is 9.06. The number of hydrogen-bond acceptors (Lipinski definition) is 4. The zero-order valence-electron chi connectivity index (χ0n) is 21.5. The van der Waals surface area contributed by atoms with Crippen molar-refractivity contribution < 1.29 is 9.47 Å². The molecule has 0 saturated carbocycles. The van der Waals surface area contributed by atoms with E-state index < -0.39 is 0 Å². The number of hydrogen-bond donors (Lipinski definition) is 1. The molecular formula is C31H42N2O2. The lowest BCUT2D eigenvalue weighted by Gasteiger charge is -2.22. The number of ether oxygens (including phenoxy) is 2. The first-order chi connectivity index (χ1) is 17.3. The van der Waals surface area contributed by atoms with Crippen LogP contribution in [0.15, 0.2) is 78.9 Å². The summed E-state index contributed by atoms with van der Waals surface area (Å²) in [5.41, 5.74) is 3.49. The zero-order chi connectivity index (χ0) is 24.6. The molecule has 3 aromatic rings. The highest BCUT2D eigenvalue weighted by Gasteiger charge is 2.09. The molecule has 0 atom stereocenters. The second-order valence-corrected chi connectivity index (χ2v) is 9.06. The summed E-state index contributed by atoms with van der Waals surface area (Å²) in [5, 5.41) is 3.63. The van der Waals surface area contributed by atoms with E-state index in [-0.39, 0.29) is 0 Å². The van der Waals surface area contributed by atoms with Crippen LogP contribution in [0.2, 0.25) is 0 Å². The molecule has 35 heavy (non-hydrogen) atoms. The highest BCUT2D eigenvalue weighted by molar-refractivity contribution is 5.43. The average molecular weight is 475 g/mol. The van der Waals surface area contributed by atoms with Crippen LogP contribution in [-0.2, 0) is 19.8 Å². The van der Waals surface area contributed by atoms with Crippen LogP contribution in [0.3, 0.4) is 0 Å². The Balaban J connectivity index is 1.58. The zero-order valence-corrected chi connectivity index (χ0v) is 21.5. The van der Waals surface area contributed by atoms with Gasteiger partial charge in [-0.1, -0.05) is 93.4 Å². The number of unbranched alkanes of at least 4 members (excludes halogenated alkanes) is 2. The standard InChI is InChI=1S/C31H42N2O2/c1-3-5-20-33(21-6-4-2)22-19-32-24-29-17-18-30(34-25-27-13-9-7-10-14-27)31(23-29)35-26-28-15-11-8-12-16-28/h7-18,23,32H,3-6,19-22,24-26H2,1-2H3. The molecule has 0 bridgehead atoms. The first kappa shape index (κ1) is 26.8. The van der Waals surface area contributed by atoms with Gasteiger partial charge in [0.15, 0.2) is 11.5 Å². The molecule has 0 fully saturated rings. The minimum Gasteiger partial charge on any atom is -0.485 e. The van der Waals surface area contributed by atoms with Crippen molar-refractivity contribution in [3.63, 3.8) is 0 Å². The maximum Gasteiger partial charge on any atom is 0.162 e. The third kappa shape index (κ3) is 10.1. The Morgan fingerprint density at radius 1 is 0.629 bits per heavy atom. The summed E-state index contributed by atoms with van der Waals surface area (Å²) < 4.78 is 12.4. The molecule has 0 amide bonds. The monoisotopic (exact) mass is 474 g/mol. The van der Waals surface area contributed by atoms with Crippen LogP contribution in [0.25, 0.3) is 0 Å². The number of nitrogens with zero attached hydrogens (tertiary/aromatic N) is 1. The first-order valence-corrected chi connectivity index (χ1v) is 13.2. The lowest BCUT2D eigenvalue weighted by atomic mass is 10.2. The number of nitrogens with one attached hydrogen (secondary N) is 1. The van der Waals surface area contributed by atoms with Crippen LogP contribution in [0.4, 0.5) is 0 Å². The fourth-order valence-corrected chi connectivity index (χ4v) is 3.93. The Labute approximate surface area is 212 Å². The molecule has 3 aromatic carbocycles. The molecule has 0 spiro atoms. The molecule has 0 radical (unpaired) electrons. The molecule has 0 aliphatic heterocycles. The summed E-state index contributed by atoms with van der Waals surface area (Å²) >= 11 is 0. The van der Waals surface area contributed by atoms with Crippen molar-refractivity contribution in [1.82, 2.24) is 10.2 Å². The van der Waals surface area contributed by atoms with Crippen LogP contribution >= 0.6 is 0 Å². The number of benzene rings is 3. The third-order valence-electron chi connectivity index (χ3n) is 6.07. The third-order valence-corrected chi connectivity index (χ3v) is 6.07. The fraction of sp³-hybridized carbons (Fsp3) is 0.419. The van der Waals surface area contributed by atoms with E-state index in [2.05, 4.69) is 60.5 Å². The summed E-state index contributed by atoms with van der Waals surface area (Å²) in [5.74, 6) is 1.57. The quantitative estimate of drug-likeness (QED) is 0.217. The van der Waals surface area contributed by atoms with Gasteiger partial charge in [0.2, 0.25) is 0 Å². The second kappa shape index (κ2) is 16.0. The van der Waals surface area contributed by atoms with Gasteiger partial charge in [0.1, 0.15) is 13.2 Å². The van der Waals surface area contributed by atoms with Crippen LogP contribution in [0.1, 0.15) is 56.2 Å². The summed E-state index contributed by atoms with van der Waals surface area (Å²) in [7, 11) is 0. The van der Waals surface area contributed by atoms with Crippen molar-refractivity contribution >= 4 is 0 Å². The smallest absolute Gasteiger partial charge is 0.162 e. The summed E-state index contributed by atoms with van der Waals surface area (Å²) in [6.45, 7) is 10.9. The maximum absolute atomic E-state index is 6.22. The molecule has 0 saturated heterocycles. The van der Waals surface area contributed by atoms with Gasteiger partial charge in [-0.05, 0) is 54.8 Å². The molecule has 0 unspecified atom stereocenters. The fourth-order valence-electron chi connectivity index (χ4n) is 3.93. The van der Waals surface area contributed by atoms with Gasteiger partial charge in [-0.3, -0.25) is 0 Å². The summed E-state index contributed by atoms with van der Waals surface area (Å²) in [6, 6.07) is 26.8. The molecule has 0 aliphatic carbocycles. The van der Waals surface area contributed by atoms with Crippen molar-refractivity contribution in [2.75, 3.05) is 26.2 Å². The molecule has 188 valence electrons. The minimum atomic E-state index is 0.517. The Morgan fingerprint density at radius 2 is 1.20 bits per heavy atom. The van der Waals surface area contributed by atoms with Crippen LogP contribution in [0.5, 0.6) is 11.5 Å². The maximum atomic E-state index is 6.22. The van der Waals surface area contributed by atoms with Crippen molar-refractivity contribution in [2.24, 2.45) is 0 Å². The minimum absolute atomic E-state index is 0.517. The van der Waals surface area contributed by atoms with E-state index in [4.69, 9.17) is 9.47 Å². The molecule has 4 nitrogen and oxygen atoms in total. The van der Waals surface area contributed by atoms with Gasteiger partial charge in [0.05, 0.1) is 0 Å². The lowest BCUT2D eigenvalue weighted by molar-refractivity contribution is 0.255. The van der Waals surface area contributed by atoms with E-state index in [9.17, 15) is 0 Å². The van der Waals surface area contributed by atoms with Crippen molar-refractivity contribution in [1.29, 1.82) is 0 Å². The van der Waals surface area contributed by atoms with Gasteiger partial charge in [-0.2, -0.15) is 0 Å². The van der Waals surface area contributed by atoms with E-state index in [0.717, 1.165) is 42.3 Å². The lowest BCUT2D eigenvalue weighted by Crippen LogP contribution is -2.33. The highest BCUT2D eigenvalue weighted by Crippen LogP contribution is 2.30. The van der Waals surface area contributed by atoms with Crippen LogP contribution in [-0.4, -0.2) is 31.1 Å². The molecule has 4 heteroatoms. The first-order valence-electron chi connectivity index (χ1n) is 13.2. The Bertz CT molecular complexity index is 939. The largest absolute Gasteiger partial charge is 0.485 e. The van der Waals surface area contributed by atoms with Crippen molar-refractivity contribution in [3.05, 3.63) is 95.6 Å². The van der Waals surface area contributed by atoms with Crippen LogP contribution in [0, 0.1) is 0 Å². The van der Waals surface area contributed by atoms with Gasteiger partial charge in [-0.25, -0.2) is 0 Å². The van der Waals surface area contributed by atoms with Gasteiger partial charge < -0.3 is 19.7 Å². The molecule has 0 aliphatic rings. The van der Waals surface area contributed by atoms with Gasteiger partial charge in [0.25, 0.3) is 0 Å². The van der Waals surface area contributed by atoms with E-state index in [1.165, 1.54) is 44.3 Å². The van der Waals surface area contributed by atoms with Crippen molar-refractivity contribution in [3.8, 4) is 11.5 Å². The van der Waals surface area contributed by atoms with E-state index in [1.54, 1.807) is 0 Å².